The van der Waals surface area contributed by atoms with Crippen molar-refractivity contribution in [2.75, 3.05) is 18.4 Å². The first kappa shape index (κ1) is 20.6. The predicted octanol–water partition coefficient (Wildman–Crippen LogP) is 5.60. The maximum atomic E-state index is 12.4. The number of hydrogen-bond acceptors (Lipinski definition) is 4. The summed E-state index contributed by atoms with van der Waals surface area (Å²) in [5.41, 5.74) is 3.90. The van der Waals surface area contributed by atoms with Gasteiger partial charge in [-0.15, -0.1) is 0 Å². The van der Waals surface area contributed by atoms with Crippen LogP contribution in [0.3, 0.4) is 0 Å². The fourth-order valence-electron chi connectivity index (χ4n) is 3.56. The van der Waals surface area contributed by atoms with Gasteiger partial charge < -0.3 is 19.9 Å². The lowest BCUT2D eigenvalue weighted by Crippen LogP contribution is -2.42. The minimum absolute atomic E-state index is 0.150. The highest BCUT2D eigenvalue weighted by molar-refractivity contribution is 6.34. The molecule has 0 saturated carbocycles. The fourth-order valence-corrected chi connectivity index (χ4v) is 4.13. The van der Waals surface area contributed by atoms with Gasteiger partial charge in [-0.05, 0) is 48.7 Å². The van der Waals surface area contributed by atoms with Crippen molar-refractivity contribution in [2.45, 2.75) is 25.5 Å². The molecule has 0 aliphatic carbocycles. The van der Waals surface area contributed by atoms with E-state index in [1.807, 2.05) is 12.1 Å². The van der Waals surface area contributed by atoms with Crippen LogP contribution in [0.1, 0.15) is 18.4 Å². The summed E-state index contributed by atoms with van der Waals surface area (Å²) in [6.45, 7) is 1.44. The molecule has 1 aliphatic rings. The number of nitrogens with one attached hydrogen (secondary N) is 2. The molecule has 1 aromatic heterocycles. The van der Waals surface area contributed by atoms with Crippen molar-refractivity contribution in [3.63, 3.8) is 0 Å². The zero-order valence-electron chi connectivity index (χ0n) is 16.3. The number of H-pyrrole nitrogens is 1. The van der Waals surface area contributed by atoms with Gasteiger partial charge >= 0.3 is 6.09 Å². The minimum atomic E-state index is -0.314. The summed E-state index contributed by atoms with van der Waals surface area (Å²) in [4.78, 5) is 21.3. The standard InChI is InChI=1S/C22H22Cl2N4O2/c23-17-8-15(9-18(24)11-17)13-30-22(29)28-6-4-19(5-7-28)27-20-3-1-2-16(10-20)21-12-25-14-26-21/h1-3,8-12,14,19,27H,4-7,13H2,(H,25,26). The third-order valence-electron chi connectivity index (χ3n) is 5.08. The van der Waals surface area contributed by atoms with Gasteiger partial charge in [0.25, 0.3) is 0 Å². The topological polar surface area (TPSA) is 70.2 Å². The Balaban J connectivity index is 1.26. The Hall–Kier alpha value is -2.70. The van der Waals surface area contributed by atoms with Gasteiger partial charge in [0.1, 0.15) is 6.61 Å². The number of nitrogens with zero attached hydrogens (tertiary/aromatic N) is 2. The summed E-state index contributed by atoms with van der Waals surface area (Å²) in [6, 6.07) is 13.7. The van der Waals surface area contributed by atoms with Gasteiger partial charge in [0.15, 0.2) is 0 Å². The molecule has 3 aromatic rings. The number of carbonyl (C=O) groups excluding carboxylic acids is 1. The van der Waals surface area contributed by atoms with E-state index in [2.05, 4.69) is 27.4 Å². The maximum Gasteiger partial charge on any atom is 0.410 e. The molecule has 2 heterocycles. The summed E-state index contributed by atoms with van der Waals surface area (Å²) in [5, 5.41) is 4.62. The van der Waals surface area contributed by atoms with Gasteiger partial charge in [-0.2, -0.15) is 0 Å². The van der Waals surface area contributed by atoms with Crippen molar-refractivity contribution < 1.29 is 9.53 Å². The summed E-state index contributed by atoms with van der Waals surface area (Å²) in [7, 11) is 0. The fraction of sp³-hybridized carbons (Fsp3) is 0.273. The number of halogens is 2. The Bertz CT molecular complexity index is 982. The van der Waals surface area contributed by atoms with E-state index in [0.717, 1.165) is 35.3 Å². The third kappa shape index (κ3) is 5.26. The van der Waals surface area contributed by atoms with Crippen LogP contribution in [0.5, 0.6) is 0 Å². The number of rotatable bonds is 5. The summed E-state index contributed by atoms with van der Waals surface area (Å²) in [6.07, 6.45) is 4.87. The lowest BCUT2D eigenvalue weighted by Gasteiger charge is -2.32. The van der Waals surface area contributed by atoms with Crippen molar-refractivity contribution in [3.05, 3.63) is 70.6 Å². The van der Waals surface area contributed by atoms with Gasteiger partial charge in [-0.3, -0.25) is 0 Å². The van der Waals surface area contributed by atoms with Gasteiger partial charge in [-0.25, -0.2) is 9.78 Å². The number of ether oxygens (including phenoxy) is 1. The SMILES string of the molecule is O=C(OCc1cc(Cl)cc(Cl)c1)N1CCC(Nc2cccc(-c3cnc[nH]3)c2)CC1. The van der Waals surface area contributed by atoms with Crippen LogP contribution in [-0.2, 0) is 11.3 Å². The highest BCUT2D eigenvalue weighted by Crippen LogP contribution is 2.23. The molecule has 0 radical (unpaired) electrons. The quantitative estimate of drug-likeness (QED) is 0.537. The number of anilines is 1. The van der Waals surface area contributed by atoms with Gasteiger partial charge in [0.2, 0.25) is 0 Å². The monoisotopic (exact) mass is 444 g/mol. The number of aromatic nitrogens is 2. The predicted molar refractivity (Wildman–Crippen MR) is 119 cm³/mol. The van der Waals surface area contributed by atoms with E-state index < -0.39 is 0 Å². The first-order valence-corrected chi connectivity index (χ1v) is 10.5. The molecule has 0 unspecified atom stereocenters. The Labute approximate surface area is 185 Å². The highest BCUT2D eigenvalue weighted by atomic mass is 35.5. The molecule has 0 bridgehead atoms. The molecule has 2 N–H and O–H groups in total. The smallest absolute Gasteiger partial charge is 0.410 e. The molecule has 1 saturated heterocycles. The molecule has 8 heteroatoms. The Morgan fingerprint density at radius 3 is 2.63 bits per heavy atom. The van der Waals surface area contributed by atoms with Gasteiger partial charge in [-0.1, -0.05) is 35.3 Å². The van der Waals surface area contributed by atoms with Crippen LogP contribution in [-0.4, -0.2) is 40.1 Å². The van der Waals surface area contributed by atoms with Crippen LogP contribution in [0.15, 0.2) is 55.0 Å². The summed E-state index contributed by atoms with van der Waals surface area (Å²) in [5.74, 6) is 0. The van der Waals surface area contributed by atoms with E-state index in [0.29, 0.717) is 29.2 Å². The molecule has 4 rings (SSSR count). The van der Waals surface area contributed by atoms with Crippen molar-refractivity contribution in [1.29, 1.82) is 0 Å². The average Bonchev–Trinajstić information content (AvgIpc) is 3.27. The van der Waals surface area contributed by atoms with E-state index in [-0.39, 0.29) is 12.7 Å². The molecule has 1 fully saturated rings. The lowest BCUT2D eigenvalue weighted by atomic mass is 10.0. The second-order valence-corrected chi connectivity index (χ2v) is 8.16. The average molecular weight is 445 g/mol. The number of likely N-dealkylation sites (tertiary alicyclic amines) is 1. The van der Waals surface area contributed by atoms with Crippen LogP contribution in [0.25, 0.3) is 11.3 Å². The van der Waals surface area contributed by atoms with Crippen LogP contribution in [0.2, 0.25) is 10.0 Å². The van der Waals surface area contributed by atoms with E-state index in [9.17, 15) is 4.79 Å². The molecule has 6 nitrogen and oxygen atoms in total. The van der Waals surface area contributed by atoms with Crippen molar-refractivity contribution in [2.24, 2.45) is 0 Å². The molecule has 156 valence electrons. The van der Waals surface area contributed by atoms with E-state index in [1.54, 1.807) is 35.6 Å². The summed E-state index contributed by atoms with van der Waals surface area (Å²) >= 11 is 12.0. The van der Waals surface area contributed by atoms with E-state index >= 15 is 0 Å². The summed E-state index contributed by atoms with van der Waals surface area (Å²) < 4.78 is 5.43. The molecular formula is C22H22Cl2N4O2. The van der Waals surface area contributed by atoms with E-state index in [1.165, 1.54) is 0 Å². The van der Waals surface area contributed by atoms with Crippen LogP contribution < -0.4 is 5.32 Å². The first-order valence-electron chi connectivity index (χ1n) is 9.79. The second kappa shape index (κ2) is 9.41. The molecule has 0 atom stereocenters. The molecule has 0 spiro atoms. The zero-order valence-corrected chi connectivity index (χ0v) is 17.8. The number of aromatic amines is 1. The Morgan fingerprint density at radius 1 is 1.17 bits per heavy atom. The Morgan fingerprint density at radius 2 is 1.93 bits per heavy atom. The van der Waals surface area contributed by atoms with Gasteiger partial charge in [0, 0.05) is 40.4 Å². The zero-order chi connectivity index (χ0) is 20.9. The third-order valence-corrected chi connectivity index (χ3v) is 5.52. The normalized spacial score (nSPS) is 14.5. The van der Waals surface area contributed by atoms with Crippen molar-refractivity contribution >= 4 is 35.0 Å². The number of imidazole rings is 1. The number of benzene rings is 2. The number of hydrogen-bond donors (Lipinski definition) is 2. The molecule has 2 aromatic carbocycles. The molecular weight excluding hydrogens is 423 g/mol. The number of piperidine rings is 1. The van der Waals surface area contributed by atoms with E-state index in [4.69, 9.17) is 27.9 Å². The number of carbonyl (C=O) groups is 1. The maximum absolute atomic E-state index is 12.4. The van der Waals surface area contributed by atoms with Gasteiger partial charge in [0.05, 0.1) is 18.2 Å². The van der Waals surface area contributed by atoms with Crippen LogP contribution >= 0.6 is 23.2 Å². The first-order chi connectivity index (χ1) is 14.6. The largest absolute Gasteiger partial charge is 0.445 e. The lowest BCUT2D eigenvalue weighted by molar-refractivity contribution is 0.0882. The highest BCUT2D eigenvalue weighted by Gasteiger charge is 2.24. The second-order valence-electron chi connectivity index (χ2n) is 7.28. The Kier molecular flexibility index (Phi) is 6.45. The van der Waals surface area contributed by atoms with Crippen LogP contribution in [0, 0.1) is 0 Å². The molecule has 1 amide bonds. The molecule has 30 heavy (non-hydrogen) atoms. The van der Waals surface area contributed by atoms with Crippen molar-refractivity contribution in [1.82, 2.24) is 14.9 Å². The van der Waals surface area contributed by atoms with Crippen LogP contribution in [0.4, 0.5) is 10.5 Å². The molecule has 1 aliphatic heterocycles. The van der Waals surface area contributed by atoms with Crippen molar-refractivity contribution in [3.8, 4) is 11.3 Å². The number of amides is 1. The minimum Gasteiger partial charge on any atom is -0.445 e.